The molecular formula is C28H35N3O4. The smallest absolute Gasteiger partial charge is 0.290 e. The fraction of sp³-hybridized carbons (Fsp3) is 0.286. The summed E-state index contributed by atoms with van der Waals surface area (Å²) in [6.07, 6.45) is 14.0. The Labute approximate surface area is 207 Å². The molecule has 7 heteroatoms. The van der Waals surface area contributed by atoms with Crippen LogP contribution in [0.4, 0.5) is 5.69 Å². The second-order valence-corrected chi connectivity index (χ2v) is 8.05. The molecule has 3 rings (SSSR count). The Morgan fingerprint density at radius 2 is 1.94 bits per heavy atom. The summed E-state index contributed by atoms with van der Waals surface area (Å²) in [7, 11) is 1.63. The van der Waals surface area contributed by atoms with Gasteiger partial charge in [0.15, 0.2) is 0 Å². The maximum absolute atomic E-state index is 8.36. The summed E-state index contributed by atoms with van der Waals surface area (Å²) >= 11 is 0. The third-order valence-corrected chi connectivity index (χ3v) is 5.47. The molecule has 0 radical (unpaired) electrons. The largest absolute Gasteiger partial charge is 0.483 e. The lowest BCUT2D eigenvalue weighted by atomic mass is 9.99. The molecule has 0 aliphatic heterocycles. The highest BCUT2D eigenvalue weighted by Crippen LogP contribution is 2.30. The van der Waals surface area contributed by atoms with E-state index in [9.17, 15) is 0 Å². The Hall–Kier alpha value is -4.00. The number of anilines is 1. The highest BCUT2D eigenvalue weighted by molar-refractivity contribution is 5.82. The molecule has 1 aliphatic carbocycles. The molecule has 7 nitrogen and oxygen atoms in total. The van der Waals surface area contributed by atoms with Gasteiger partial charge in [-0.15, -0.1) is 0 Å². The van der Waals surface area contributed by atoms with Crippen molar-refractivity contribution in [2.75, 3.05) is 12.4 Å². The van der Waals surface area contributed by atoms with Crippen LogP contribution in [-0.2, 0) is 4.79 Å². The van der Waals surface area contributed by atoms with Crippen molar-refractivity contribution in [1.29, 1.82) is 0 Å². The third kappa shape index (κ3) is 7.78. The molecule has 2 heterocycles. The number of hydrogen-bond donors (Lipinski definition) is 3. The highest BCUT2D eigenvalue weighted by Gasteiger charge is 2.17. The molecule has 1 aliphatic rings. The zero-order chi connectivity index (χ0) is 25.8. The zero-order valence-corrected chi connectivity index (χ0v) is 21.3. The summed E-state index contributed by atoms with van der Waals surface area (Å²) in [6.45, 7) is 10.3. The molecule has 0 bridgehead atoms. The fourth-order valence-electron chi connectivity index (χ4n) is 3.61. The topological polar surface area (TPSA) is 96.6 Å². The van der Waals surface area contributed by atoms with E-state index in [0.29, 0.717) is 5.88 Å². The van der Waals surface area contributed by atoms with Gasteiger partial charge in [0.05, 0.1) is 31.0 Å². The van der Waals surface area contributed by atoms with Crippen LogP contribution in [0.3, 0.4) is 0 Å². The molecule has 0 spiro atoms. The van der Waals surface area contributed by atoms with E-state index in [0.717, 1.165) is 52.5 Å². The van der Waals surface area contributed by atoms with Gasteiger partial charge in [0.25, 0.3) is 6.47 Å². The molecule has 0 fully saturated rings. The van der Waals surface area contributed by atoms with E-state index in [4.69, 9.17) is 19.1 Å². The summed E-state index contributed by atoms with van der Waals surface area (Å²) < 4.78 is 10.7. The first kappa shape index (κ1) is 27.2. The lowest BCUT2D eigenvalue weighted by Gasteiger charge is -2.22. The molecule has 0 aromatic carbocycles. The molecule has 0 saturated heterocycles. The normalized spacial score (nSPS) is 14.2. The van der Waals surface area contributed by atoms with Crippen molar-refractivity contribution in [2.45, 2.75) is 47.5 Å². The van der Waals surface area contributed by atoms with Crippen molar-refractivity contribution < 1.29 is 19.1 Å². The first-order valence-electron chi connectivity index (χ1n) is 11.5. The van der Waals surface area contributed by atoms with Crippen molar-refractivity contribution in [2.24, 2.45) is 0 Å². The fourth-order valence-corrected chi connectivity index (χ4v) is 3.61. The summed E-state index contributed by atoms with van der Waals surface area (Å²) in [5.74, 6) is 1.48. The van der Waals surface area contributed by atoms with Gasteiger partial charge in [-0.1, -0.05) is 36.8 Å². The summed E-state index contributed by atoms with van der Waals surface area (Å²) in [5, 5.41) is 14.2. The number of rotatable bonds is 8. The molecule has 2 aromatic heterocycles. The lowest BCUT2D eigenvalue weighted by Crippen LogP contribution is -2.23. The van der Waals surface area contributed by atoms with E-state index < -0.39 is 0 Å². The SMILES string of the molecule is CC/C=C(C)/C(=C(\NC1=C(C)C=CC(C)=CC1)Nc1ccc(OC)nc1C)c1ccoc1.O=CO. The van der Waals surface area contributed by atoms with Crippen molar-refractivity contribution >= 4 is 17.7 Å². The number of nitrogens with zero attached hydrogens (tertiary/aromatic N) is 1. The van der Waals surface area contributed by atoms with Gasteiger partial charge in [0.2, 0.25) is 5.88 Å². The Bertz CT molecular complexity index is 1150. The minimum atomic E-state index is -0.250. The minimum absolute atomic E-state index is 0.250. The van der Waals surface area contributed by atoms with Crippen molar-refractivity contribution in [3.05, 3.63) is 94.5 Å². The van der Waals surface area contributed by atoms with E-state index in [-0.39, 0.29) is 6.47 Å². The van der Waals surface area contributed by atoms with Crippen molar-refractivity contribution in [3.63, 3.8) is 0 Å². The first-order chi connectivity index (χ1) is 16.8. The predicted molar refractivity (Wildman–Crippen MR) is 141 cm³/mol. The highest BCUT2D eigenvalue weighted by atomic mass is 16.5. The van der Waals surface area contributed by atoms with Crippen LogP contribution in [0.2, 0.25) is 0 Å². The van der Waals surface area contributed by atoms with E-state index in [2.05, 4.69) is 67.6 Å². The molecule has 0 amide bonds. The number of aromatic nitrogens is 1. The van der Waals surface area contributed by atoms with E-state index in [1.165, 1.54) is 11.1 Å². The lowest BCUT2D eigenvalue weighted by molar-refractivity contribution is -0.122. The third-order valence-electron chi connectivity index (χ3n) is 5.47. The first-order valence-corrected chi connectivity index (χ1v) is 11.5. The van der Waals surface area contributed by atoms with Crippen LogP contribution in [-0.4, -0.2) is 23.7 Å². The van der Waals surface area contributed by atoms with Crippen LogP contribution >= 0.6 is 0 Å². The maximum atomic E-state index is 8.36. The van der Waals surface area contributed by atoms with Crippen LogP contribution in [0.25, 0.3) is 5.57 Å². The standard InChI is InChI=1S/C27H33N3O2.CH2O2/c1-7-8-20(4)26(22-15-16-32-17-22)27(29-23-12-10-18(2)9-11-19(23)3)30-24-13-14-25(31-6)28-21(24)5;2-1-3/h8-11,13-17,29-30H,7,12H2,1-6H3;1H,(H,2,3)/b20-8+,27-26-;. The molecule has 2 aromatic rings. The monoisotopic (exact) mass is 477 g/mol. The van der Waals surface area contributed by atoms with Gasteiger partial charge >= 0.3 is 0 Å². The van der Waals surface area contributed by atoms with Gasteiger partial charge < -0.3 is 24.9 Å². The molecule has 0 atom stereocenters. The second kappa shape index (κ2) is 13.6. The maximum Gasteiger partial charge on any atom is 0.290 e. The number of carbonyl (C=O) groups is 1. The number of hydrogen-bond acceptors (Lipinski definition) is 6. The van der Waals surface area contributed by atoms with Gasteiger partial charge in [-0.2, -0.15) is 0 Å². The van der Waals surface area contributed by atoms with Crippen LogP contribution in [0, 0.1) is 6.92 Å². The Balaban J connectivity index is 0.00000137. The van der Waals surface area contributed by atoms with Gasteiger partial charge in [-0.3, -0.25) is 4.79 Å². The average molecular weight is 478 g/mol. The zero-order valence-electron chi connectivity index (χ0n) is 21.3. The summed E-state index contributed by atoms with van der Waals surface area (Å²) in [5.41, 5.74) is 8.60. The van der Waals surface area contributed by atoms with E-state index >= 15 is 0 Å². The van der Waals surface area contributed by atoms with Crippen LogP contribution in [0.5, 0.6) is 5.88 Å². The van der Waals surface area contributed by atoms with Crippen molar-refractivity contribution in [3.8, 4) is 5.88 Å². The van der Waals surface area contributed by atoms with E-state index in [1.54, 1.807) is 19.6 Å². The van der Waals surface area contributed by atoms with Crippen LogP contribution < -0.4 is 15.4 Å². The van der Waals surface area contributed by atoms with Gasteiger partial charge in [0.1, 0.15) is 5.82 Å². The van der Waals surface area contributed by atoms with Crippen LogP contribution in [0.1, 0.15) is 51.8 Å². The molecular weight excluding hydrogens is 442 g/mol. The number of allylic oxidation sites excluding steroid dienone is 8. The van der Waals surface area contributed by atoms with Gasteiger partial charge in [0, 0.05) is 29.3 Å². The summed E-state index contributed by atoms with van der Waals surface area (Å²) in [4.78, 5) is 12.9. The number of ether oxygens (including phenoxy) is 1. The Kier molecular flexibility index (Phi) is 10.6. The molecule has 0 unspecified atom stereocenters. The predicted octanol–water partition coefficient (Wildman–Crippen LogP) is 6.60. The number of nitrogens with one attached hydrogen (secondary N) is 2. The van der Waals surface area contributed by atoms with Gasteiger partial charge in [-0.05, 0) is 57.4 Å². The Morgan fingerprint density at radius 1 is 1.20 bits per heavy atom. The van der Waals surface area contributed by atoms with Gasteiger partial charge in [-0.25, -0.2) is 4.98 Å². The van der Waals surface area contributed by atoms with Crippen molar-refractivity contribution in [1.82, 2.24) is 10.3 Å². The minimum Gasteiger partial charge on any atom is -0.483 e. The number of pyridine rings is 1. The quantitative estimate of drug-likeness (QED) is 0.291. The molecule has 3 N–H and O–H groups in total. The molecule has 186 valence electrons. The number of aryl methyl sites for hydroxylation is 1. The number of methoxy groups -OCH3 is 1. The number of furan rings is 1. The van der Waals surface area contributed by atoms with E-state index in [1.807, 2.05) is 25.1 Å². The molecule has 0 saturated carbocycles. The number of carboxylic acid groups (broad SMARTS) is 1. The Morgan fingerprint density at radius 3 is 2.54 bits per heavy atom. The van der Waals surface area contributed by atoms with Crippen LogP contribution in [0.15, 0.2) is 87.7 Å². The second-order valence-electron chi connectivity index (χ2n) is 8.05. The summed E-state index contributed by atoms with van der Waals surface area (Å²) in [6, 6.07) is 5.85. The molecule has 35 heavy (non-hydrogen) atoms. The average Bonchev–Trinajstić information content (AvgIpc) is 3.30.